The van der Waals surface area contributed by atoms with E-state index in [1.165, 1.54) is 5.32 Å². The van der Waals surface area contributed by atoms with Crippen LogP contribution in [0.5, 0.6) is 0 Å². The summed E-state index contributed by atoms with van der Waals surface area (Å²) in [5, 5.41) is 10.1. The van der Waals surface area contributed by atoms with Gasteiger partial charge in [0.15, 0.2) is 11.6 Å². The van der Waals surface area contributed by atoms with Crippen LogP contribution < -0.4 is 5.32 Å². The van der Waals surface area contributed by atoms with Crippen LogP contribution in [0.15, 0.2) is 12.1 Å². The lowest BCUT2D eigenvalue weighted by molar-refractivity contribution is -0.126. The zero-order valence-electron chi connectivity index (χ0n) is 8.01. The first-order valence-electron chi connectivity index (χ1n) is 4.14. The zero-order chi connectivity index (χ0) is 13.2. The Kier molecular flexibility index (Phi) is 3.66. The fourth-order valence-electron chi connectivity index (χ4n) is 1.01. The fraction of sp³-hybridized carbons (Fsp3) is 0.111. The van der Waals surface area contributed by atoms with E-state index in [1.54, 1.807) is 0 Å². The molecule has 0 fully saturated rings. The van der Waals surface area contributed by atoms with Gasteiger partial charge in [-0.2, -0.15) is 8.78 Å². The Hall–Kier alpha value is -2.12. The molecule has 0 aliphatic heterocycles. The number of carbonyl (C=O) groups is 2. The molecule has 0 aliphatic rings. The second-order valence-corrected chi connectivity index (χ2v) is 2.91. The smallest absolute Gasteiger partial charge is 0.337 e. The summed E-state index contributed by atoms with van der Waals surface area (Å²) in [6, 6.07) is 0.609. The number of rotatable bonds is 3. The molecule has 92 valence electrons. The van der Waals surface area contributed by atoms with Crippen molar-refractivity contribution in [1.29, 1.82) is 0 Å². The van der Waals surface area contributed by atoms with Crippen LogP contribution in [-0.4, -0.2) is 23.4 Å². The zero-order valence-corrected chi connectivity index (χ0v) is 8.01. The number of hydrogen-bond donors (Lipinski definition) is 2. The van der Waals surface area contributed by atoms with E-state index in [-0.39, 0.29) is 0 Å². The molecule has 1 aromatic carbocycles. The average Bonchev–Trinajstić information content (AvgIpc) is 2.22. The molecule has 0 aliphatic carbocycles. The third kappa shape index (κ3) is 2.92. The number of aromatic carboxylic acids is 1. The summed E-state index contributed by atoms with van der Waals surface area (Å²) in [6.45, 7) is 0. The number of amides is 1. The number of anilines is 1. The van der Waals surface area contributed by atoms with Crippen LogP contribution in [-0.2, 0) is 4.79 Å². The van der Waals surface area contributed by atoms with Crippen molar-refractivity contribution in [3.63, 3.8) is 0 Å². The molecule has 0 radical (unpaired) electrons. The van der Waals surface area contributed by atoms with E-state index in [0.717, 1.165) is 0 Å². The van der Waals surface area contributed by atoms with Gasteiger partial charge in [-0.15, -0.1) is 0 Å². The molecule has 1 rings (SSSR count). The van der Waals surface area contributed by atoms with Crippen LogP contribution in [0.4, 0.5) is 23.2 Å². The lowest BCUT2D eigenvalue weighted by Gasteiger charge is -2.08. The first kappa shape index (κ1) is 12.9. The van der Waals surface area contributed by atoms with Crippen molar-refractivity contribution in [2.45, 2.75) is 6.43 Å². The highest BCUT2D eigenvalue weighted by Crippen LogP contribution is 2.20. The Balaban J connectivity index is 3.17. The summed E-state index contributed by atoms with van der Waals surface area (Å²) in [7, 11) is 0. The molecule has 8 heteroatoms. The summed E-state index contributed by atoms with van der Waals surface area (Å²) in [6.07, 6.45) is -3.40. The van der Waals surface area contributed by atoms with E-state index in [0.29, 0.717) is 12.1 Å². The van der Waals surface area contributed by atoms with Crippen LogP contribution >= 0.6 is 0 Å². The number of alkyl halides is 2. The SMILES string of the molecule is O=C(O)c1cc(F)c(F)cc1NC(=O)C(F)F. The van der Waals surface area contributed by atoms with Gasteiger partial charge in [0.2, 0.25) is 0 Å². The van der Waals surface area contributed by atoms with Gasteiger partial charge in [-0.3, -0.25) is 4.79 Å². The molecule has 1 aromatic rings. The highest BCUT2D eigenvalue weighted by Gasteiger charge is 2.21. The predicted octanol–water partition coefficient (Wildman–Crippen LogP) is 1.87. The first-order valence-corrected chi connectivity index (χ1v) is 4.14. The molecule has 0 atom stereocenters. The maximum Gasteiger partial charge on any atom is 0.337 e. The largest absolute Gasteiger partial charge is 0.478 e. The van der Waals surface area contributed by atoms with Crippen molar-refractivity contribution in [2.75, 3.05) is 5.32 Å². The summed E-state index contributed by atoms with van der Waals surface area (Å²) in [5.41, 5.74) is -1.56. The molecule has 4 nitrogen and oxygen atoms in total. The van der Waals surface area contributed by atoms with Crippen molar-refractivity contribution in [3.8, 4) is 0 Å². The Labute approximate surface area is 91.9 Å². The maximum atomic E-state index is 12.8. The number of carboxylic acids is 1. The van der Waals surface area contributed by atoms with Crippen LogP contribution in [0.25, 0.3) is 0 Å². The predicted molar refractivity (Wildman–Crippen MR) is 48.0 cm³/mol. The Morgan fingerprint density at radius 1 is 1.18 bits per heavy atom. The van der Waals surface area contributed by atoms with Gasteiger partial charge in [0.1, 0.15) is 0 Å². The van der Waals surface area contributed by atoms with Gasteiger partial charge >= 0.3 is 12.4 Å². The van der Waals surface area contributed by atoms with E-state index in [9.17, 15) is 27.2 Å². The molecular formula is C9H5F4NO3. The number of benzene rings is 1. The van der Waals surface area contributed by atoms with Crippen molar-refractivity contribution in [3.05, 3.63) is 29.3 Å². The molecule has 0 heterocycles. The third-order valence-electron chi connectivity index (χ3n) is 1.75. The summed E-state index contributed by atoms with van der Waals surface area (Å²) < 4.78 is 49.3. The Morgan fingerprint density at radius 3 is 2.18 bits per heavy atom. The molecule has 0 aromatic heterocycles. The first-order chi connectivity index (χ1) is 7.82. The minimum atomic E-state index is -3.40. The van der Waals surface area contributed by atoms with E-state index in [4.69, 9.17) is 5.11 Å². The van der Waals surface area contributed by atoms with Gasteiger partial charge in [0.05, 0.1) is 11.3 Å². The van der Waals surface area contributed by atoms with Crippen molar-refractivity contribution in [1.82, 2.24) is 0 Å². The molecule has 0 unspecified atom stereocenters. The number of halogens is 4. The highest BCUT2D eigenvalue weighted by molar-refractivity contribution is 6.01. The van der Waals surface area contributed by atoms with Gasteiger partial charge in [-0.05, 0) is 6.07 Å². The third-order valence-corrected chi connectivity index (χ3v) is 1.75. The fourth-order valence-corrected chi connectivity index (χ4v) is 1.01. The lowest BCUT2D eigenvalue weighted by Crippen LogP contribution is -2.22. The second-order valence-electron chi connectivity index (χ2n) is 2.91. The molecule has 0 spiro atoms. The molecular weight excluding hydrogens is 246 g/mol. The van der Waals surface area contributed by atoms with E-state index in [1.807, 2.05) is 0 Å². The van der Waals surface area contributed by atoms with E-state index in [2.05, 4.69) is 0 Å². The molecule has 1 amide bonds. The van der Waals surface area contributed by atoms with Gasteiger partial charge < -0.3 is 10.4 Å². The molecule has 0 bridgehead atoms. The number of carboxylic acid groups (broad SMARTS) is 1. The van der Waals surface area contributed by atoms with Crippen LogP contribution in [0.1, 0.15) is 10.4 Å². The van der Waals surface area contributed by atoms with Gasteiger partial charge in [-0.1, -0.05) is 0 Å². The quantitative estimate of drug-likeness (QED) is 0.806. The Bertz CT molecular complexity index is 476. The topological polar surface area (TPSA) is 66.4 Å². The minimum absolute atomic E-state index is 0.290. The van der Waals surface area contributed by atoms with E-state index < -0.39 is 41.2 Å². The summed E-state index contributed by atoms with van der Waals surface area (Å²) >= 11 is 0. The normalized spacial score (nSPS) is 10.4. The van der Waals surface area contributed by atoms with Crippen molar-refractivity contribution >= 4 is 17.6 Å². The monoisotopic (exact) mass is 251 g/mol. The average molecular weight is 251 g/mol. The minimum Gasteiger partial charge on any atom is -0.478 e. The maximum absolute atomic E-state index is 12.8. The van der Waals surface area contributed by atoms with Crippen LogP contribution in [0.2, 0.25) is 0 Å². The standard InChI is InChI=1S/C9H5F4NO3/c10-4-1-3(9(16)17)6(2-5(4)11)14-8(15)7(12)13/h1-2,7H,(H,14,15)(H,16,17). The van der Waals surface area contributed by atoms with Gasteiger partial charge in [0, 0.05) is 6.07 Å². The molecule has 0 saturated carbocycles. The van der Waals surface area contributed by atoms with Crippen molar-refractivity contribution in [2.24, 2.45) is 0 Å². The molecule has 17 heavy (non-hydrogen) atoms. The van der Waals surface area contributed by atoms with Gasteiger partial charge in [-0.25, -0.2) is 13.6 Å². The highest BCUT2D eigenvalue weighted by atomic mass is 19.3. The van der Waals surface area contributed by atoms with Crippen LogP contribution in [0.3, 0.4) is 0 Å². The van der Waals surface area contributed by atoms with Crippen molar-refractivity contribution < 1.29 is 32.3 Å². The van der Waals surface area contributed by atoms with Crippen LogP contribution in [0, 0.1) is 11.6 Å². The van der Waals surface area contributed by atoms with E-state index >= 15 is 0 Å². The number of hydrogen-bond acceptors (Lipinski definition) is 2. The Morgan fingerprint density at radius 2 is 1.71 bits per heavy atom. The number of carbonyl (C=O) groups excluding carboxylic acids is 1. The molecule has 2 N–H and O–H groups in total. The second kappa shape index (κ2) is 4.81. The molecule has 0 saturated heterocycles. The van der Waals surface area contributed by atoms with Gasteiger partial charge in [0.25, 0.3) is 5.91 Å². The lowest BCUT2D eigenvalue weighted by atomic mass is 10.1. The summed E-state index contributed by atoms with van der Waals surface area (Å²) in [5.74, 6) is -6.41. The summed E-state index contributed by atoms with van der Waals surface area (Å²) in [4.78, 5) is 21.2. The number of nitrogens with one attached hydrogen (secondary N) is 1.